The molecule has 28 heavy (non-hydrogen) atoms. The van der Waals surface area contributed by atoms with Gasteiger partial charge in [0.2, 0.25) is 0 Å². The smallest absolute Gasteiger partial charge is 0.341 e. The molecule has 0 fully saturated rings. The number of benzene rings is 1. The van der Waals surface area contributed by atoms with Crippen LogP contribution in [0.4, 0.5) is 5.00 Å². The summed E-state index contributed by atoms with van der Waals surface area (Å²) in [5.74, 6) is -1.63. The molecule has 0 aliphatic carbocycles. The van der Waals surface area contributed by atoms with Gasteiger partial charge in [0.1, 0.15) is 10.8 Å². The minimum Gasteiger partial charge on any atom is -0.479 e. The zero-order valence-electron chi connectivity index (χ0n) is 15.3. The number of amides is 2. The molecule has 0 radical (unpaired) electrons. The van der Waals surface area contributed by atoms with Gasteiger partial charge in [-0.15, -0.1) is 11.3 Å². The van der Waals surface area contributed by atoms with Gasteiger partial charge in [-0.3, -0.25) is 9.59 Å². The van der Waals surface area contributed by atoms with Crippen LogP contribution < -0.4 is 15.8 Å². The monoisotopic (exact) mass is 444 g/mol. The number of hydrogen-bond acceptors (Lipinski definition) is 6. The molecule has 0 saturated carbocycles. The number of primary amides is 1. The summed E-state index contributed by atoms with van der Waals surface area (Å²) >= 11 is 12.8. The van der Waals surface area contributed by atoms with Crippen LogP contribution in [-0.2, 0) is 9.53 Å². The Kier molecular flexibility index (Phi) is 7.29. The van der Waals surface area contributed by atoms with Crippen LogP contribution in [-0.4, -0.2) is 30.5 Å². The van der Waals surface area contributed by atoms with Crippen LogP contribution >= 0.6 is 34.5 Å². The van der Waals surface area contributed by atoms with Crippen molar-refractivity contribution in [1.82, 2.24) is 0 Å². The summed E-state index contributed by atoms with van der Waals surface area (Å²) in [6.45, 7) is 4.87. The highest BCUT2D eigenvalue weighted by molar-refractivity contribution is 7.18. The number of ether oxygens (including phenoxy) is 2. The first-order chi connectivity index (χ1) is 13.1. The largest absolute Gasteiger partial charge is 0.479 e. The van der Waals surface area contributed by atoms with Crippen molar-refractivity contribution in [3.05, 3.63) is 44.2 Å². The molecule has 2 aromatic rings. The second kappa shape index (κ2) is 9.27. The zero-order chi connectivity index (χ0) is 21.0. The third-order valence-corrected chi connectivity index (χ3v) is 5.41. The summed E-state index contributed by atoms with van der Waals surface area (Å²) in [4.78, 5) is 36.6. The van der Waals surface area contributed by atoms with Gasteiger partial charge >= 0.3 is 5.97 Å². The summed E-state index contributed by atoms with van der Waals surface area (Å²) in [7, 11) is 0. The third kappa shape index (κ3) is 4.95. The number of hydrogen-bond donors (Lipinski definition) is 2. The molecular formula is C18H18Cl2N2O5S. The quantitative estimate of drug-likeness (QED) is 0.626. The molecular weight excluding hydrogens is 427 g/mol. The molecule has 0 spiro atoms. The van der Waals surface area contributed by atoms with E-state index in [2.05, 4.69) is 5.32 Å². The highest BCUT2D eigenvalue weighted by atomic mass is 35.5. The number of anilines is 1. The molecule has 0 unspecified atom stereocenters. The Morgan fingerprint density at radius 3 is 2.54 bits per heavy atom. The predicted octanol–water partition coefficient (Wildman–Crippen LogP) is 4.04. The summed E-state index contributed by atoms with van der Waals surface area (Å²) in [5.41, 5.74) is 5.79. The Morgan fingerprint density at radius 1 is 1.29 bits per heavy atom. The van der Waals surface area contributed by atoms with Gasteiger partial charge in [0.05, 0.1) is 22.1 Å². The maximum atomic E-state index is 12.6. The maximum Gasteiger partial charge on any atom is 0.341 e. The van der Waals surface area contributed by atoms with Gasteiger partial charge in [0, 0.05) is 5.02 Å². The summed E-state index contributed by atoms with van der Waals surface area (Å²) in [6, 6.07) is 4.61. The molecule has 2 amide bonds. The van der Waals surface area contributed by atoms with E-state index in [-0.39, 0.29) is 32.8 Å². The lowest BCUT2D eigenvalue weighted by Gasteiger charge is -2.15. The molecule has 10 heteroatoms. The van der Waals surface area contributed by atoms with E-state index in [9.17, 15) is 14.4 Å². The average molecular weight is 445 g/mol. The Balaban J connectivity index is 2.25. The van der Waals surface area contributed by atoms with Crippen LogP contribution in [0.5, 0.6) is 5.75 Å². The van der Waals surface area contributed by atoms with E-state index in [0.29, 0.717) is 10.6 Å². The van der Waals surface area contributed by atoms with E-state index in [1.54, 1.807) is 26.0 Å². The highest BCUT2D eigenvalue weighted by Crippen LogP contribution is 2.34. The number of carbonyl (C=O) groups excluding carboxylic acids is 3. The molecule has 1 atom stereocenters. The number of nitrogens with two attached hydrogens (primary N) is 1. The predicted molar refractivity (Wildman–Crippen MR) is 109 cm³/mol. The summed E-state index contributed by atoms with van der Waals surface area (Å²) in [5, 5.41) is 3.44. The van der Waals surface area contributed by atoms with E-state index in [1.807, 2.05) is 0 Å². The van der Waals surface area contributed by atoms with E-state index in [0.717, 1.165) is 11.3 Å². The minimum absolute atomic E-state index is 0.0886. The third-order valence-electron chi connectivity index (χ3n) is 3.65. The molecule has 0 saturated heterocycles. The van der Waals surface area contributed by atoms with Crippen LogP contribution in [0.3, 0.4) is 0 Å². The van der Waals surface area contributed by atoms with Crippen molar-refractivity contribution in [2.24, 2.45) is 5.73 Å². The normalized spacial score (nSPS) is 11.6. The fourth-order valence-electron chi connectivity index (χ4n) is 2.31. The molecule has 3 N–H and O–H groups in total. The molecule has 2 rings (SSSR count). The van der Waals surface area contributed by atoms with Crippen LogP contribution in [0.2, 0.25) is 10.0 Å². The summed E-state index contributed by atoms with van der Waals surface area (Å²) in [6.07, 6.45) is -0.951. The number of halogens is 2. The second-order valence-electron chi connectivity index (χ2n) is 5.67. The SMILES string of the molecule is CCOC(=O)c1c(NC(=O)[C@@H](C)Oc2ccc(Cl)cc2Cl)sc(C(N)=O)c1C. The van der Waals surface area contributed by atoms with Crippen molar-refractivity contribution in [3.63, 3.8) is 0 Å². The summed E-state index contributed by atoms with van der Waals surface area (Å²) < 4.78 is 10.6. The lowest BCUT2D eigenvalue weighted by molar-refractivity contribution is -0.122. The van der Waals surface area contributed by atoms with Crippen LogP contribution in [0.1, 0.15) is 39.4 Å². The first-order valence-corrected chi connectivity index (χ1v) is 9.75. The van der Waals surface area contributed by atoms with E-state index < -0.39 is 23.9 Å². The van der Waals surface area contributed by atoms with Crippen molar-refractivity contribution in [3.8, 4) is 5.75 Å². The molecule has 1 aromatic heterocycles. The fourth-order valence-corrected chi connectivity index (χ4v) is 3.82. The Hall–Kier alpha value is -2.29. The Morgan fingerprint density at radius 2 is 1.96 bits per heavy atom. The van der Waals surface area contributed by atoms with Gasteiger partial charge in [0.15, 0.2) is 6.10 Å². The molecule has 7 nitrogen and oxygen atoms in total. The van der Waals surface area contributed by atoms with Gasteiger partial charge < -0.3 is 20.5 Å². The Labute approximate surface area is 175 Å². The number of nitrogens with one attached hydrogen (secondary N) is 1. The van der Waals surface area contributed by atoms with Gasteiger partial charge in [-0.05, 0) is 44.5 Å². The number of thiophene rings is 1. The van der Waals surface area contributed by atoms with Crippen LogP contribution in [0.25, 0.3) is 0 Å². The lowest BCUT2D eigenvalue weighted by Crippen LogP contribution is -2.30. The van der Waals surface area contributed by atoms with Crippen molar-refractivity contribution in [2.45, 2.75) is 26.9 Å². The standard InChI is InChI=1S/C18H18Cl2N2O5S/c1-4-26-18(25)13-8(2)14(15(21)23)28-17(13)22-16(24)9(3)27-12-6-5-10(19)7-11(12)20/h5-7,9H,4H2,1-3H3,(H2,21,23)(H,22,24)/t9-/m1/s1. The van der Waals surface area contributed by atoms with Crippen molar-refractivity contribution in [1.29, 1.82) is 0 Å². The molecule has 1 aromatic carbocycles. The number of carbonyl (C=O) groups is 3. The first-order valence-electron chi connectivity index (χ1n) is 8.18. The lowest BCUT2D eigenvalue weighted by atomic mass is 10.1. The van der Waals surface area contributed by atoms with Crippen molar-refractivity contribution >= 4 is 57.3 Å². The molecule has 0 aliphatic heterocycles. The van der Waals surface area contributed by atoms with Crippen molar-refractivity contribution in [2.75, 3.05) is 11.9 Å². The second-order valence-corrected chi connectivity index (χ2v) is 7.53. The molecule has 150 valence electrons. The van der Waals surface area contributed by atoms with Crippen molar-refractivity contribution < 1.29 is 23.9 Å². The van der Waals surface area contributed by atoms with E-state index in [4.69, 9.17) is 38.4 Å². The van der Waals surface area contributed by atoms with Gasteiger partial charge in [-0.25, -0.2) is 4.79 Å². The number of esters is 1. The fraction of sp³-hybridized carbons (Fsp3) is 0.278. The van der Waals surface area contributed by atoms with Crippen LogP contribution in [0, 0.1) is 6.92 Å². The molecule has 1 heterocycles. The average Bonchev–Trinajstić information content (AvgIpc) is 2.93. The molecule has 0 bridgehead atoms. The molecule has 0 aliphatic rings. The van der Waals surface area contributed by atoms with E-state index in [1.165, 1.54) is 13.0 Å². The van der Waals surface area contributed by atoms with Gasteiger partial charge in [0.25, 0.3) is 11.8 Å². The first kappa shape index (κ1) is 22.0. The van der Waals surface area contributed by atoms with Gasteiger partial charge in [-0.2, -0.15) is 0 Å². The minimum atomic E-state index is -0.951. The topological polar surface area (TPSA) is 108 Å². The Bertz CT molecular complexity index is 929. The van der Waals surface area contributed by atoms with E-state index >= 15 is 0 Å². The highest BCUT2D eigenvalue weighted by Gasteiger charge is 2.27. The van der Waals surface area contributed by atoms with Gasteiger partial charge in [-0.1, -0.05) is 23.2 Å². The number of rotatable bonds is 7. The van der Waals surface area contributed by atoms with Crippen LogP contribution in [0.15, 0.2) is 18.2 Å². The maximum absolute atomic E-state index is 12.6. The zero-order valence-corrected chi connectivity index (χ0v) is 17.6.